The van der Waals surface area contributed by atoms with Crippen molar-refractivity contribution in [3.8, 4) is 0 Å². The van der Waals surface area contributed by atoms with E-state index >= 15 is 0 Å². The number of hydrogen-bond acceptors (Lipinski definition) is 3. The molecule has 0 bridgehead atoms. The number of nitrogens with one attached hydrogen (secondary N) is 1. The second kappa shape index (κ2) is 7.36. The molecule has 18 heavy (non-hydrogen) atoms. The molecule has 1 aliphatic rings. The van der Waals surface area contributed by atoms with E-state index in [4.69, 9.17) is 4.74 Å². The fraction of sp³-hybridized carbons (Fsp3) is 0.846. The van der Waals surface area contributed by atoms with Crippen LogP contribution in [0.3, 0.4) is 0 Å². The van der Waals surface area contributed by atoms with Crippen molar-refractivity contribution < 1.29 is 14.3 Å². The van der Waals surface area contributed by atoms with Gasteiger partial charge in [-0.25, -0.2) is 0 Å². The van der Waals surface area contributed by atoms with Crippen molar-refractivity contribution in [1.82, 2.24) is 10.2 Å². The zero-order valence-corrected chi connectivity index (χ0v) is 11.6. The summed E-state index contributed by atoms with van der Waals surface area (Å²) in [6, 6.07) is 0.176. The Morgan fingerprint density at radius 3 is 2.94 bits per heavy atom. The highest BCUT2D eigenvalue weighted by molar-refractivity contribution is 5.89. The van der Waals surface area contributed by atoms with Crippen LogP contribution < -0.4 is 5.32 Å². The lowest BCUT2D eigenvalue weighted by Crippen LogP contribution is -2.38. The molecule has 5 heteroatoms. The Morgan fingerprint density at radius 1 is 1.61 bits per heavy atom. The zero-order chi connectivity index (χ0) is 13.5. The van der Waals surface area contributed by atoms with E-state index in [2.05, 4.69) is 5.32 Å². The lowest BCUT2D eigenvalue weighted by atomic mass is 10.1. The van der Waals surface area contributed by atoms with Gasteiger partial charge in [-0.15, -0.1) is 0 Å². The Bertz CT molecular complexity index is 294. The van der Waals surface area contributed by atoms with Gasteiger partial charge in [0.2, 0.25) is 11.8 Å². The SMILES string of the molecule is CCC(C)NC(=O)C1CC(=O)N(CCCOC)C1. The van der Waals surface area contributed by atoms with E-state index in [0.29, 0.717) is 26.1 Å². The van der Waals surface area contributed by atoms with Crippen molar-refractivity contribution in [1.29, 1.82) is 0 Å². The van der Waals surface area contributed by atoms with Gasteiger partial charge < -0.3 is 15.0 Å². The van der Waals surface area contributed by atoms with Gasteiger partial charge in [-0.1, -0.05) is 6.92 Å². The average Bonchev–Trinajstić information content (AvgIpc) is 2.71. The fourth-order valence-electron chi connectivity index (χ4n) is 2.03. The maximum absolute atomic E-state index is 11.9. The first-order chi connectivity index (χ1) is 8.58. The number of carbonyl (C=O) groups excluding carboxylic acids is 2. The monoisotopic (exact) mass is 256 g/mol. The second-order valence-corrected chi connectivity index (χ2v) is 4.91. The Balaban J connectivity index is 2.38. The topological polar surface area (TPSA) is 58.6 Å². The van der Waals surface area contributed by atoms with E-state index in [0.717, 1.165) is 12.8 Å². The minimum absolute atomic E-state index is 0.00643. The van der Waals surface area contributed by atoms with E-state index < -0.39 is 0 Å². The molecule has 0 aliphatic carbocycles. The van der Waals surface area contributed by atoms with Crippen LogP contribution in [0.4, 0.5) is 0 Å². The maximum Gasteiger partial charge on any atom is 0.225 e. The van der Waals surface area contributed by atoms with Gasteiger partial charge in [-0.05, 0) is 19.8 Å². The predicted molar refractivity (Wildman–Crippen MR) is 69.1 cm³/mol. The van der Waals surface area contributed by atoms with Crippen LogP contribution in [0.2, 0.25) is 0 Å². The number of likely N-dealkylation sites (tertiary alicyclic amines) is 1. The third-order valence-corrected chi connectivity index (χ3v) is 3.36. The number of hydrogen-bond donors (Lipinski definition) is 1. The van der Waals surface area contributed by atoms with Gasteiger partial charge in [-0.2, -0.15) is 0 Å². The molecule has 1 saturated heterocycles. The molecule has 2 unspecified atom stereocenters. The Hall–Kier alpha value is -1.10. The van der Waals surface area contributed by atoms with E-state index in [1.165, 1.54) is 0 Å². The summed E-state index contributed by atoms with van der Waals surface area (Å²) in [5.74, 6) is -0.101. The minimum atomic E-state index is -0.186. The number of ether oxygens (including phenoxy) is 1. The summed E-state index contributed by atoms with van der Waals surface area (Å²) in [5.41, 5.74) is 0. The first-order valence-electron chi connectivity index (χ1n) is 6.65. The molecule has 0 aromatic rings. The van der Waals surface area contributed by atoms with Crippen molar-refractivity contribution >= 4 is 11.8 Å². The molecule has 0 saturated carbocycles. The van der Waals surface area contributed by atoms with Gasteiger partial charge in [0.15, 0.2) is 0 Å². The van der Waals surface area contributed by atoms with Crippen molar-refractivity contribution in [3.05, 3.63) is 0 Å². The first kappa shape index (κ1) is 15.0. The smallest absolute Gasteiger partial charge is 0.225 e. The zero-order valence-electron chi connectivity index (χ0n) is 11.6. The molecule has 1 fully saturated rings. The molecule has 5 nitrogen and oxygen atoms in total. The van der Waals surface area contributed by atoms with E-state index in [1.807, 2.05) is 13.8 Å². The fourth-order valence-corrected chi connectivity index (χ4v) is 2.03. The molecule has 104 valence electrons. The summed E-state index contributed by atoms with van der Waals surface area (Å²) < 4.78 is 4.96. The minimum Gasteiger partial charge on any atom is -0.385 e. The number of amides is 2. The molecule has 2 atom stereocenters. The predicted octanol–water partition coefficient (Wildman–Crippen LogP) is 0.786. The quantitative estimate of drug-likeness (QED) is 0.685. The van der Waals surface area contributed by atoms with Gasteiger partial charge in [0.1, 0.15) is 0 Å². The van der Waals surface area contributed by atoms with Gasteiger partial charge in [-0.3, -0.25) is 9.59 Å². The van der Waals surface area contributed by atoms with Gasteiger partial charge in [0, 0.05) is 39.3 Å². The lowest BCUT2D eigenvalue weighted by molar-refractivity contribution is -0.129. The summed E-state index contributed by atoms with van der Waals surface area (Å²) >= 11 is 0. The van der Waals surface area contributed by atoms with Crippen molar-refractivity contribution in [2.45, 2.75) is 39.2 Å². The van der Waals surface area contributed by atoms with Gasteiger partial charge >= 0.3 is 0 Å². The third-order valence-electron chi connectivity index (χ3n) is 3.36. The maximum atomic E-state index is 11.9. The molecule has 0 radical (unpaired) electrons. The van der Waals surface area contributed by atoms with Crippen LogP contribution in [0.5, 0.6) is 0 Å². The standard InChI is InChI=1S/C13H24N2O3/c1-4-10(2)14-13(17)11-8-12(16)15(9-11)6-5-7-18-3/h10-11H,4-9H2,1-3H3,(H,14,17). The Morgan fingerprint density at radius 2 is 2.33 bits per heavy atom. The lowest BCUT2D eigenvalue weighted by Gasteiger charge is -2.17. The highest BCUT2D eigenvalue weighted by atomic mass is 16.5. The van der Waals surface area contributed by atoms with Crippen LogP contribution in [0.25, 0.3) is 0 Å². The van der Waals surface area contributed by atoms with Crippen molar-refractivity contribution in [2.24, 2.45) is 5.92 Å². The Kier molecular flexibility index (Phi) is 6.12. The summed E-state index contributed by atoms with van der Waals surface area (Å²) in [5, 5.41) is 2.94. The summed E-state index contributed by atoms with van der Waals surface area (Å²) in [4.78, 5) is 25.4. The number of methoxy groups -OCH3 is 1. The molecule has 1 heterocycles. The highest BCUT2D eigenvalue weighted by Gasteiger charge is 2.34. The normalized spacial score (nSPS) is 21.2. The van der Waals surface area contributed by atoms with E-state index in [-0.39, 0.29) is 23.8 Å². The average molecular weight is 256 g/mol. The molecular formula is C13H24N2O3. The number of nitrogens with zero attached hydrogens (tertiary/aromatic N) is 1. The van der Waals surface area contributed by atoms with Gasteiger partial charge in [0.25, 0.3) is 0 Å². The first-order valence-corrected chi connectivity index (χ1v) is 6.65. The van der Waals surface area contributed by atoms with Gasteiger partial charge in [0.05, 0.1) is 5.92 Å². The van der Waals surface area contributed by atoms with Crippen molar-refractivity contribution in [3.63, 3.8) is 0 Å². The van der Waals surface area contributed by atoms with Crippen LogP contribution in [-0.2, 0) is 14.3 Å². The molecule has 0 spiro atoms. The second-order valence-electron chi connectivity index (χ2n) is 4.91. The van der Waals surface area contributed by atoms with Crippen LogP contribution in [0.1, 0.15) is 33.1 Å². The van der Waals surface area contributed by atoms with Crippen LogP contribution in [0.15, 0.2) is 0 Å². The van der Waals surface area contributed by atoms with Crippen LogP contribution in [-0.4, -0.2) is 49.6 Å². The Labute approximate surface area is 109 Å². The number of carbonyl (C=O) groups is 2. The molecule has 1 rings (SSSR count). The molecule has 0 aromatic carbocycles. The highest BCUT2D eigenvalue weighted by Crippen LogP contribution is 2.18. The summed E-state index contributed by atoms with van der Waals surface area (Å²) in [6.45, 7) is 5.88. The van der Waals surface area contributed by atoms with E-state index in [1.54, 1.807) is 12.0 Å². The molecule has 2 amide bonds. The number of rotatable bonds is 7. The summed E-state index contributed by atoms with van der Waals surface area (Å²) in [7, 11) is 1.65. The van der Waals surface area contributed by atoms with E-state index in [9.17, 15) is 9.59 Å². The summed E-state index contributed by atoms with van der Waals surface area (Å²) in [6.07, 6.45) is 2.07. The molecular weight excluding hydrogens is 232 g/mol. The third kappa shape index (κ3) is 4.29. The molecule has 0 aromatic heterocycles. The largest absolute Gasteiger partial charge is 0.385 e. The van der Waals surface area contributed by atoms with Crippen molar-refractivity contribution in [2.75, 3.05) is 26.8 Å². The van der Waals surface area contributed by atoms with Crippen LogP contribution in [0, 0.1) is 5.92 Å². The molecule has 1 aliphatic heterocycles. The van der Waals surface area contributed by atoms with Crippen LogP contribution >= 0.6 is 0 Å². The molecule has 1 N–H and O–H groups in total.